The van der Waals surface area contributed by atoms with Crippen molar-refractivity contribution in [1.29, 1.82) is 0 Å². The minimum absolute atomic E-state index is 0.0529. The maximum absolute atomic E-state index is 12.8. The van der Waals surface area contributed by atoms with Crippen molar-refractivity contribution in [2.45, 2.75) is 19.8 Å². The Hall–Kier alpha value is -2.49. The van der Waals surface area contributed by atoms with Gasteiger partial charge in [0.1, 0.15) is 5.75 Å². The van der Waals surface area contributed by atoms with E-state index in [0.717, 1.165) is 24.1 Å². The summed E-state index contributed by atoms with van der Waals surface area (Å²) in [5, 5.41) is 9.70. The van der Waals surface area contributed by atoms with Gasteiger partial charge in [0.25, 0.3) is 5.91 Å². The fourth-order valence-electron chi connectivity index (χ4n) is 2.88. The lowest BCUT2D eigenvalue weighted by Crippen LogP contribution is -2.36. The number of aryl methyl sites for hydroxylation is 2. The van der Waals surface area contributed by atoms with Gasteiger partial charge < -0.3 is 15.7 Å². The van der Waals surface area contributed by atoms with E-state index in [0.29, 0.717) is 12.1 Å². The molecule has 2 aromatic rings. The molecule has 108 valence electrons. The van der Waals surface area contributed by atoms with Crippen molar-refractivity contribution >= 4 is 17.3 Å². The van der Waals surface area contributed by atoms with E-state index in [9.17, 15) is 9.90 Å². The van der Waals surface area contributed by atoms with Gasteiger partial charge in [-0.3, -0.25) is 4.79 Å². The van der Waals surface area contributed by atoms with Crippen molar-refractivity contribution < 1.29 is 9.90 Å². The van der Waals surface area contributed by atoms with Crippen LogP contribution < -0.4 is 10.6 Å². The van der Waals surface area contributed by atoms with Gasteiger partial charge in [0, 0.05) is 12.1 Å². The zero-order valence-corrected chi connectivity index (χ0v) is 12.0. The first-order valence-corrected chi connectivity index (χ1v) is 7.07. The molecule has 4 nitrogen and oxygen atoms in total. The van der Waals surface area contributed by atoms with Crippen LogP contribution in [0.4, 0.5) is 11.4 Å². The number of aromatic hydroxyl groups is 1. The maximum atomic E-state index is 12.8. The van der Waals surface area contributed by atoms with Crippen molar-refractivity contribution in [2.24, 2.45) is 0 Å². The van der Waals surface area contributed by atoms with Gasteiger partial charge in [0.05, 0.1) is 11.4 Å². The number of anilines is 2. The molecule has 0 atom stereocenters. The molecular formula is C17H18N2O2. The number of benzene rings is 2. The van der Waals surface area contributed by atoms with Crippen molar-refractivity contribution in [3.05, 3.63) is 53.1 Å². The minimum atomic E-state index is -0.0967. The number of hydrogen-bond donors (Lipinski definition) is 2. The molecule has 1 amide bonds. The predicted octanol–water partition coefficient (Wildman–Crippen LogP) is 2.88. The molecule has 0 aliphatic carbocycles. The number of fused-ring (bicyclic) bond motifs is 1. The summed E-state index contributed by atoms with van der Waals surface area (Å²) in [4.78, 5) is 14.6. The monoisotopic (exact) mass is 282 g/mol. The molecule has 1 aliphatic heterocycles. The predicted molar refractivity (Wildman–Crippen MR) is 83.7 cm³/mol. The van der Waals surface area contributed by atoms with Crippen LogP contribution in [0.2, 0.25) is 0 Å². The van der Waals surface area contributed by atoms with Crippen LogP contribution in [0.5, 0.6) is 5.75 Å². The van der Waals surface area contributed by atoms with E-state index in [1.807, 2.05) is 19.1 Å². The summed E-state index contributed by atoms with van der Waals surface area (Å²) in [5.74, 6) is -0.150. The Morgan fingerprint density at radius 2 is 2.10 bits per heavy atom. The summed E-state index contributed by atoms with van der Waals surface area (Å²) in [7, 11) is 0. The summed E-state index contributed by atoms with van der Waals surface area (Å²) in [6.45, 7) is 2.71. The van der Waals surface area contributed by atoms with E-state index in [1.165, 1.54) is 11.6 Å². The van der Waals surface area contributed by atoms with E-state index >= 15 is 0 Å². The second-order valence-electron chi connectivity index (χ2n) is 5.42. The highest BCUT2D eigenvalue weighted by Gasteiger charge is 2.25. The van der Waals surface area contributed by atoms with Gasteiger partial charge >= 0.3 is 0 Å². The van der Waals surface area contributed by atoms with Gasteiger partial charge in [-0.15, -0.1) is 0 Å². The molecule has 0 radical (unpaired) electrons. The molecule has 0 fully saturated rings. The molecule has 0 aromatic heterocycles. The summed E-state index contributed by atoms with van der Waals surface area (Å²) in [6, 6.07) is 10.8. The number of nitrogens with two attached hydrogens (primary N) is 1. The zero-order valence-electron chi connectivity index (χ0n) is 12.0. The number of amides is 1. The Bertz CT molecular complexity index is 710. The smallest absolute Gasteiger partial charge is 0.258 e. The highest BCUT2D eigenvalue weighted by atomic mass is 16.3. The van der Waals surface area contributed by atoms with Gasteiger partial charge in [-0.1, -0.05) is 18.2 Å². The highest BCUT2D eigenvalue weighted by Crippen LogP contribution is 2.32. The van der Waals surface area contributed by atoms with Crippen LogP contribution in [-0.4, -0.2) is 17.6 Å². The molecule has 21 heavy (non-hydrogen) atoms. The molecule has 0 bridgehead atoms. The average molecular weight is 282 g/mol. The normalized spacial score (nSPS) is 13.9. The van der Waals surface area contributed by atoms with E-state index in [-0.39, 0.29) is 17.3 Å². The van der Waals surface area contributed by atoms with Gasteiger partial charge in [0.2, 0.25) is 0 Å². The first-order chi connectivity index (χ1) is 10.1. The summed E-state index contributed by atoms with van der Waals surface area (Å²) < 4.78 is 0. The SMILES string of the molecule is Cc1cccc2c1N(C(=O)c1ccc(N)c(O)c1)CCC2. The van der Waals surface area contributed by atoms with Crippen LogP contribution >= 0.6 is 0 Å². The van der Waals surface area contributed by atoms with Crippen LogP contribution in [-0.2, 0) is 6.42 Å². The van der Waals surface area contributed by atoms with Crippen molar-refractivity contribution in [2.75, 3.05) is 17.2 Å². The van der Waals surface area contributed by atoms with Gasteiger partial charge in [-0.25, -0.2) is 0 Å². The zero-order chi connectivity index (χ0) is 15.0. The molecule has 1 heterocycles. The van der Waals surface area contributed by atoms with Crippen LogP contribution in [0.25, 0.3) is 0 Å². The lowest BCUT2D eigenvalue weighted by Gasteiger charge is -2.31. The molecule has 3 rings (SSSR count). The first kappa shape index (κ1) is 13.5. The van der Waals surface area contributed by atoms with E-state index in [2.05, 4.69) is 6.07 Å². The van der Waals surface area contributed by atoms with Crippen molar-refractivity contribution in [3.8, 4) is 5.75 Å². The Morgan fingerprint density at radius 3 is 2.86 bits per heavy atom. The number of phenols is 1. The number of rotatable bonds is 1. The number of carbonyl (C=O) groups excluding carboxylic acids is 1. The second kappa shape index (κ2) is 5.13. The van der Waals surface area contributed by atoms with Gasteiger partial charge in [0.15, 0.2) is 0 Å². The van der Waals surface area contributed by atoms with Gasteiger partial charge in [-0.2, -0.15) is 0 Å². The molecule has 4 heteroatoms. The minimum Gasteiger partial charge on any atom is -0.506 e. The molecule has 3 N–H and O–H groups in total. The molecule has 1 aliphatic rings. The average Bonchev–Trinajstić information content (AvgIpc) is 2.49. The molecule has 0 spiro atoms. The summed E-state index contributed by atoms with van der Waals surface area (Å²) >= 11 is 0. The van der Waals surface area contributed by atoms with Gasteiger partial charge in [-0.05, 0) is 49.1 Å². The molecular weight excluding hydrogens is 264 g/mol. The Labute approximate surface area is 123 Å². The van der Waals surface area contributed by atoms with E-state index in [4.69, 9.17) is 5.73 Å². The Kier molecular flexibility index (Phi) is 3.29. The maximum Gasteiger partial charge on any atom is 0.258 e. The van der Waals surface area contributed by atoms with Crippen LogP contribution in [0.1, 0.15) is 27.9 Å². The third-order valence-corrected chi connectivity index (χ3v) is 3.94. The second-order valence-corrected chi connectivity index (χ2v) is 5.42. The number of para-hydroxylation sites is 1. The highest BCUT2D eigenvalue weighted by molar-refractivity contribution is 6.07. The summed E-state index contributed by atoms with van der Waals surface area (Å²) in [6.07, 6.45) is 1.94. The molecule has 0 saturated carbocycles. The van der Waals surface area contributed by atoms with Crippen LogP contribution in [0.15, 0.2) is 36.4 Å². The third-order valence-electron chi connectivity index (χ3n) is 3.94. The fraction of sp³-hybridized carbons (Fsp3) is 0.235. The molecule has 2 aromatic carbocycles. The van der Waals surface area contributed by atoms with Crippen LogP contribution in [0.3, 0.4) is 0 Å². The Morgan fingerprint density at radius 1 is 1.29 bits per heavy atom. The van der Waals surface area contributed by atoms with E-state index < -0.39 is 0 Å². The number of nitrogen functional groups attached to an aromatic ring is 1. The largest absolute Gasteiger partial charge is 0.506 e. The van der Waals surface area contributed by atoms with Crippen LogP contribution in [0, 0.1) is 6.92 Å². The number of carbonyl (C=O) groups is 1. The first-order valence-electron chi connectivity index (χ1n) is 7.07. The fourth-order valence-corrected chi connectivity index (χ4v) is 2.88. The lowest BCUT2D eigenvalue weighted by atomic mass is 9.97. The molecule has 0 unspecified atom stereocenters. The summed E-state index contributed by atoms with van der Waals surface area (Å²) in [5.41, 5.74) is 9.63. The molecule has 0 saturated heterocycles. The quantitative estimate of drug-likeness (QED) is 0.624. The Balaban J connectivity index is 2.02. The number of nitrogens with zero attached hydrogens (tertiary/aromatic N) is 1. The number of phenolic OH excluding ortho intramolecular Hbond substituents is 1. The topological polar surface area (TPSA) is 66.6 Å². The third kappa shape index (κ3) is 2.33. The van der Waals surface area contributed by atoms with Crippen molar-refractivity contribution in [3.63, 3.8) is 0 Å². The number of hydrogen-bond acceptors (Lipinski definition) is 3. The lowest BCUT2D eigenvalue weighted by molar-refractivity contribution is 0.0984. The van der Waals surface area contributed by atoms with E-state index in [1.54, 1.807) is 17.0 Å². The standard InChI is InChI=1S/C17H18N2O2/c1-11-4-2-5-12-6-3-9-19(16(11)12)17(21)13-7-8-14(18)15(20)10-13/h2,4-5,7-8,10,20H,3,6,9,18H2,1H3. The van der Waals surface area contributed by atoms with Crippen molar-refractivity contribution in [1.82, 2.24) is 0 Å².